The van der Waals surface area contributed by atoms with E-state index in [0.717, 1.165) is 25.9 Å². The fraction of sp³-hybridized carbons (Fsp3) is 0.778. The maximum atomic E-state index is 5.58. The zero-order valence-corrected chi connectivity index (χ0v) is 9.42. The smallest absolute Gasteiger partial charge is 0.318 e. The van der Waals surface area contributed by atoms with Gasteiger partial charge in [0.05, 0.1) is 0 Å². The molecule has 0 bridgehead atoms. The van der Waals surface area contributed by atoms with E-state index in [4.69, 9.17) is 16.0 Å². The van der Waals surface area contributed by atoms with Gasteiger partial charge in [-0.05, 0) is 12.8 Å². The van der Waals surface area contributed by atoms with Crippen molar-refractivity contribution >= 4 is 17.6 Å². The molecule has 1 rings (SSSR count). The third-order valence-electron chi connectivity index (χ3n) is 1.83. The van der Waals surface area contributed by atoms with E-state index in [1.54, 1.807) is 0 Å². The van der Waals surface area contributed by atoms with Gasteiger partial charge in [0.25, 0.3) is 0 Å². The largest absolute Gasteiger partial charge is 0.407 e. The number of nitrogens with zero attached hydrogens (tertiary/aromatic N) is 3. The molecule has 0 atom stereocenters. The molecule has 0 saturated heterocycles. The highest BCUT2D eigenvalue weighted by molar-refractivity contribution is 6.16. The Hall–Kier alpha value is -0.770. The van der Waals surface area contributed by atoms with Crippen LogP contribution in [-0.4, -0.2) is 23.3 Å². The van der Waals surface area contributed by atoms with E-state index in [1.165, 1.54) is 0 Å². The lowest BCUT2D eigenvalue weighted by molar-refractivity contribution is 0.496. The highest BCUT2D eigenvalue weighted by atomic mass is 35.5. The van der Waals surface area contributed by atoms with Gasteiger partial charge in [0.15, 0.2) is 0 Å². The summed E-state index contributed by atoms with van der Waals surface area (Å²) in [6.07, 6.45) is 2.14. The Morgan fingerprint density at radius 1 is 1.21 bits per heavy atom. The summed E-state index contributed by atoms with van der Waals surface area (Å²) < 4.78 is 5.37. The Balaban J connectivity index is 2.65. The van der Waals surface area contributed by atoms with Crippen LogP contribution in [0.2, 0.25) is 0 Å². The number of hydrogen-bond acceptors (Lipinski definition) is 4. The van der Waals surface area contributed by atoms with Crippen LogP contribution in [-0.2, 0) is 5.88 Å². The summed E-state index contributed by atoms with van der Waals surface area (Å²) in [5.74, 6) is 0.762. The van der Waals surface area contributed by atoms with E-state index in [1.807, 2.05) is 0 Å². The fourth-order valence-corrected chi connectivity index (χ4v) is 1.38. The van der Waals surface area contributed by atoms with E-state index in [0.29, 0.717) is 11.9 Å². The Labute approximate surface area is 89.3 Å². The molecule has 1 aromatic rings. The molecule has 0 radical (unpaired) electrons. The van der Waals surface area contributed by atoms with E-state index in [-0.39, 0.29) is 5.88 Å². The Bertz CT molecular complexity index is 258. The van der Waals surface area contributed by atoms with Crippen LogP contribution in [0.3, 0.4) is 0 Å². The third kappa shape index (κ3) is 2.87. The van der Waals surface area contributed by atoms with Crippen LogP contribution in [0.5, 0.6) is 0 Å². The lowest BCUT2D eigenvalue weighted by Crippen LogP contribution is -2.25. The molecule has 0 saturated carbocycles. The van der Waals surface area contributed by atoms with Gasteiger partial charge in [-0.1, -0.05) is 18.9 Å². The van der Waals surface area contributed by atoms with Gasteiger partial charge in [-0.3, -0.25) is 0 Å². The highest BCUT2D eigenvalue weighted by Gasteiger charge is 2.11. The number of rotatable bonds is 6. The van der Waals surface area contributed by atoms with Crippen molar-refractivity contribution in [3.05, 3.63) is 5.89 Å². The number of hydrogen-bond donors (Lipinski definition) is 0. The van der Waals surface area contributed by atoms with Crippen molar-refractivity contribution < 1.29 is 4.42 Å². The quantitative estimate of drug-likeness (QED) is 0.687. The van der Waals surface area contributed by atoms with Crippen molar-refractivity contribution in [3.63, 3.8) is 0 Å². The van der Waals surface area contributed by atoms with Crippen LogP contribution in [0.15, 0.2) is 4.42 Å². The molecule has 0 aliphatic carbocycles. The summed E-state index contributed by atoms with van der Waals surface area (Å²) in [7, 11) is 0. The van der Waals surface area contributed by atoms with Crippen molar-refractivity contribution in [2.75, 3.05) is 18.0 Å². The van der Waals surface area contributed by atoms with Crippen LogP contribution in [0.4, 0.5) is 6.01 Å². The number of alkyl halides is 1. The summed E-state index contributed by atoms with van der Waals surface area (Å²) in [6, 6.07) is 0.587. The van der Waals surface area contributed by atoms with Gasteiger partial charge in [-0.25, -0.2) is 0 Å². The van der Waals surface area contributed by atoms with Gasteiger partial charge < -0.3 is 9.32 Å². The second-order valence-corrected chi connectivity index (χ2v) is 3.37. The fourth-order valence-electron chi connectivity index (χ4n) is 1.27. The topological polar surface area (TPSA) is 42.2 Å². The molecule has 0 unspecified atom stereocenters. The minimum absolute atomic E-state index is 0.277. The second-order valence-electron chi connectivity index (χ2n) is 3.10. The van der Waals surface area contributed by atoms with Gasteiger partial charge in [0, 0.05) is 13.1 Å². The minimum atomic E-state index is 0.277. The van der Waals surface area contributed by atoms with Crippen molar-refractivity contribution in [1.82, 2.24) is 10.2 Å². The molecule has 4 nitrogen and oxygen atoms in total. The molecule has 0 spiro atoms. The SMILES string of the molecule is CCCN(CCC)c1nnc(CCl)o1. The average Bonchev–Trinajstić information content (AvgIpc) is 2.65. The third-order valence-corrected chi connectivity index (χ3v) is 2.06. The first kappa shape index (κ1) is 11.3. The molecular weight excluding hydrogens is 202 g/mol. The van der Waals surface area contributed by atoms with Crippen molar-refractivity contribution in [2.24, 2.45) is 0 Å². The summed E-state index contributed by atoms with van der Waals surface area (Å²) in [6.45, 7) is 6.14. The summed E-state index contributed by atoms with van der Waals surface area (Å²) >= 11 is 5.58. The van der Waals surface area contributed by atoms with Gasteiger partial charge in [-0.2, -0.15) is 0 Å². The van der Waals surface area contributed by atoms with E-state index in [2.05, 4.69) is 28.9 Å². The Morgan fingerprint density at radius 2 is 1.86 bits per heavy atom. The summed E-state index contributed by atoms with van der Waals surface area (Å²) in [4.78, 5) is 2.09. The first-order chi connectivity index (χ1) is 6.81. The molecule has 0 aliphatic heterocycles. The molecule has 0 N–H and O–H groups in total. The molecule has 1 aromatic heterocycles. The zero-order chi connectivity index (χ0) is 10.4. The van der Waals surface area contributed by atoms with Gasteiger partial charge in [-0.15, -0.1) is 16.7 Å². The van der Waals surface area contributed by atoms with Crippen LogP contribution in [0.1, 0.15) is 32.6 Å². The van der Waals surface area contributed by atoms with E-state index >= 15 is 0 Å². The second kappa shape index (κ2) is 5.86. The lowest BCUT2D eigenvalue weighted by Gasteiger charge is -2.17. The van der Waals surface area contributed by atoms with Crippen LogP contribution >= 0.6 is 11.6 Å². The monoisotopic (exact) mass is 217 g/mol. The Kier molecular flexibility index (Phi) is 4.73. The molecular formula is C9H16ClN3O. The summed E-state index contributed by atoms with van der Waals surface area (Å²) in [5, 5.41) is 7.78. The molecule has 5 heteroatoms. The van der Waals surface area contributed by atoms with Crippen molar-refractivity contribution in [2.45, 2.75) is 32.6 Å². The normalized spacial score (nSPS) is 10.5. The summed E-state index contributed by atoms with van der Waals surface area (Å²) in [5.41, 5.74) is 0. The molecule has 0 aliphatic rings. The van der Waals surface area contributed by atoms with Crippen molar-refractivity contribution in [3.8, 4) is 0 Å². The number of anilines is 1. The molecule has 14 heavy (non-hydrogen) atoms. The standard InChI is InChI=1S/C9H16ClN3O/c1-3-5-13(6-4-2)9-12-11-8(7-10)14-9/h3-7H2,1-2H3. The molecule has 0 fully saturated rings. The number of halogens is 1. The van der Waals surface area contributed by atoms with Crippen LogP contribution < -0.4 is 4.90 Å². The highest BCUT2D eigenvalue weighted by Crippen LogP contribution is 2.14. The van der Waals surface area contributed by atoms with E-state index in [9.17, 15) is 0 Å². The average molecular weight is 218 g/mol. The van der Waals surface area contributed by atoms with E-state index < -0.39 is 0 Å². The Morgan fingerprint density at radius 3 is 2.29 bits per heavy atom. The minimum Gasteiger partial charge on any atom is -0.407 e. The first-order valence-corrected chi connectivity index (χ1v) is 5.48. The lowest BCUT2D eigenvalue weighted by atomic mass is 10.4. The molecule has 0 amide bonds. The van der Waals surface area contributed by atoms with Gasteiger partial charge >= 0.3 is 6.01 Å². The molecule has 80 valence electrons. The van der Waals surface area contributed by atoms with Crippen molar-refractivity contribution in [1.29, 1.82) is 0 Å². The zero-order valence-electron chi connectivity index (χ0n) is 8.66. The molecule has 1 heterocycles. The van der Waals surface area contributed by atoms with Gasteiger partial charge in [0.2, 0.25) is 5.89 Å². The molecule has 0 aromatic carbocycles. The maximum absolute atomic E-state index is 5.58. The number of aromatic nitrogens is 2. The van der Waals surface area contributed by atoms with Gasteiger partial charge in [0.1, 0.15) is 5.88 Å². The van der Waals surface area contributed by atoms with Crippen LogP contribution in [0.25, 0.3) is 0 Å². The predicted molar refractivity (Wildman–Crippen MR) is 56.7 cm³/mol. The van der Waals surface area contributed by atoms with Crippen LogP contribution in [0, 0.1) is 0 Å². The predicted octanol–water partition coefficient (Wildman–Crippen LogP) is 2.43. The maximum Gasteiger partial charge on any atom is 0.318 e. The first-order valence-electron chi connectivity index (χ1n) is 4.95.